The molecule has 0 heterocycles. The average molecular weight is 379 g/mol. The fourth-order valence-corrected chi connectivity index (χ4v) is 3.21. The lowest BCUT2D eigenvalue weighted by Gasteiger charge is -2.14. The third-order valence-electron chi connectivity index (χ3n) is 4.13. The van der Waals surface area contributed by atoms with E-state index in [0.717, 1.165) is 27.0 Å². The van der Waals surface area contributed by atoms with E-state index in [-0.39, 0.29) is 17.9 Å². The molecule has 0 saturated heterocycles. The van der Waals surface area contributed by atoms with Crippen LogP contribution < -0.4 is 5.32 Å². The van der Waals surface area contributed by atoms with Crippen LogP contribution in [0.5, 0.6) is 0 Å². The summed E-state index contributed by atoms with van der Waals surface area (Å²) in [6.45, 7) is 2.01. The lowest BCUT2D eigenvalue weighted by molar-refractivity contribution is -0.123. The highest BCUT2D eigenvalue weighted by atomic mass is 79.9. The Morgan fingerprint density at radius 1 is 1.27 bits per heavy atom. The summed E-state index contributed by atoms with van der Waals surface area (Å²) in [7, 11) is 0. The Bertz CT molecular complexity index is 686. The molecule has 1 saturated carbocycles. The third kappa shape index (κ3) is 3.53. The van der Waals surface area contributed by atoms with E-state index in [9.17, 15) is 4.79 Å². The molecule has 22 heavy (non-hydrogen) atoms. The summed E-state index contributed by atoms with van der Waals surface area (Å²) in [5, 5.41) is 3.83. The van der Waals surface area contributed by atoms with Gasteiger partial charge in [-0.05, 0) is 54.7 Å². The second-order valence-electron chi connectivity index (χ2n) is 5.79. The highest BCUT2D eigenvalue weighted by Crippen LogP contribution is 2.48. The van der Waals surface area contributed by atoms with E-state index in [1.54, 1.807) is 0 Å². The topological polar surface area (TPSA) is 29.1 Å². The molecule has 1 amide bonds. The van der Waals surface area contributed by atoms with E-state index in [1.165, 1.54) is 0 Å². The third-order valence-corrected chi connectivity index (χ3v) is 4.90. The van der Waals surface area contributed by atoms with Crippen LogP contribution in [0.3, 0.4) is 0 Å². The van der Waals surface area contributed by atoms with E-state index < -0.39 is 0 Å². The number of benzene rings is 2. The van der Waals surface area contributed by atoms with Crippen molar-refractivity contribution in [1.29, 1.82) is 0 Å². The molecule has 3 atom stereocenters. The van der Waals surface area contributed by atoms with Gasteiger partial charge in [0.05, 0.1) is 6.04 Å². The lowest BCUT2D eigenvalue weighted by Crippen LogP contribution is -2.28. The number of hydrogen-bond acceptors (Lipinski definition) is 1. The molecular weight excluding hydrogens is 362 g/mol. The maximum absolute atomic E-state index is 12.4. The molecule has 4 heteroatoms. The van der Waals surface area contributed by atoms with E-state index in [2.05, 4.69) is 21.2 Å². The highest BCUT2D eigenvalue weighted by Gasteiger charge is 2.44. The highest BCUT2D eigenvalue weighted by molar-refractivity contribution is 9.10. The summed E-state index contributed by atoms with van der Waals surface area (Å²) in [5.41, 5.74) is 2.26. The van der Waals surface area contributed by atoms with Crippen molar-refractivity contribution in [2.45, 2.75) is 25.3 Å². The first kappa shape index (κ1) is 15.6. The Morgan fingerprint density at radius 2 is 2.00 bits per heavy atom. The first-order chi connectivity index (χ1) is 10.5. The Kier molecular flexibility index (Phi) is 4.55. The van der Waals surface area contributed by atoms with E-state index in [4.69, 9.17) is 11.6 Å². The number of nitrogens with one attached hydrogen (secondary N) is 1. The predicted octanol–water partition coefficient (Wildman–Crippen LogP) is 5.08. The SMILES string of the molecule is CC(NC(=O)C1CC1c1cccc(Cl)c1)c1ccc(Br)cc1. The molecule has 0 bridgehead atoms. The molecular formula is C18H17BrClNO. The molecule has 114 valence electrons. The Balaban J connectivity index is 1.60. The number of hydrogen-bond donors (Lipinski definition) is 1. The van der Waals surface area contributed by atoms with Crippen LogP contribution in [0.15, 0.2) is 53.0 Å². The second kappa shape index (κ2) is 6.43. The summed E-state index contributed by atoms with van der Waals surface area (Å²) in [6, 6.07) is 15.8. The minimum absolute atomic E-state index is 0.0150. The molecule has 2 aromatic carbocycles. The largest absolute Gasteiger partial charge is 0.349 e. The maximum Gasteiger partial charge on any atom is 0.224 e. The number of carbonyl (C=O) groups is 1. The van der Waals surface area contributed by atoms with Crippen molar-refractivity contribution in [3.05, 3.63) is 69.2 Å². The van der Waals surface area contributed by atoms with Gasteiger partial charge in [0.15, 0.2) is 0 Å². The van der Waals surface area contributed by atoms with Crippen molar-refractivity contribution in [1.82, 2.24) is 5.32 Å². The molecule has 1 aliphatic rings. The van der Waals surface area contributed by atoms with Crippen molar-refractivity contribution in [3.63, 3.8) is 0 Å². The monoisotopic (exact) mass is 377 g/mol. The Morgan fingerprint density at radius 3 is 2.68 bits per heavy atom. The normalized spacial score (nSPS) is 21.2. The molecule has 0 radical (unpaired) electrons. The number of amides is 1. The molecule has 0 aliphatic heterocycles. The zero-order chi connectivity index (χ0) is 15.7. The van der Waals surface area contributed by atoms with Crippen LogP contribution in [0.25, 0.3) is 0 Å². The van der Waals surface area contributed by atoms with Gasteiger partial charge in [-0.15, -0.1) is 0 Å². The molecule has 1 aliphatic carbocycles. The number of halogens is 2. The zero-order valence-electron chi connectivity index (χ0n) is 12.2. The van der Waals surface area contributed by atoms with Gasteiger partial charge < -0.3 is 5.32 Å². The summed E-state index contributed by atoms with van der Waals surface area (Å²) < 4.78 is 1.04. The van der Waals surface area contributed by atoms with Crippen molar-refractivity contribution in [3.8, 4) is 0 Å². The van der Waals surface area contributed by atoms with Crippen LogP contribution in [0, 0.1) is 5.92 Å². The van der Waals surface area contributed by atoms with E-state index in [0.29, 0.717) is 5.92 Å². The van der Waals surface area contributed by atoms with Gasteiger partial charge in [0, 0.05) is 15.4 Å². The standard InChI is InChI=1S/C18H17BrClNO/c1-11(12-5-7-14(19)8-6-12)21-18(22)17-10-16(17)13-3-2-4-15(20)9-13/h2-9,11,16-17H,10H2,1H3,(H,21,22). The van der Waals surface area contributed by atoms with Gasteiger partial charge in [-0.2, -0.15) is 0 Å². The van der Waals surface area contributed by atoms with Gasteiger partial charge in [-0.3, -0.25) is 4.79 Å². The zero-order valence-corrected chi connectivity index (χ0v) is 14.6. The van der Waals surface area contributed by atoms with Gasteiger partial charge in [0.25, 0.3) is 0 Å². The number of carbonyl (C=O) groups excluding carboxylic acids is 1. The van der Waals surface area contributed by atoms with Crippen LogP contribution >= 0.6 is 27.5 Å². The molecule has 3 rings (SSSR count). The summed E-state index contributed by atoms with van der Waals surface area (Å²) >= 11 is 9.44. The van der Waals surface area contributed by atoms with Crippen LogP contribution in [-0.2, 0) is 4.79 Å². The molecule has 0 aromatic heterocycles. The molecule has 1 N–H and O–H groups in total. The first-order valence-electron chi connectivity index (χ1n) is 7.36. The average Bonchev–Trinajstić information content (AvgIpc) is 3.28. The first-order valence-corrected chi connectivity index (χ1v) is 8.53. The van der Waals surface area contributed by atoms with Gasteiger partial charge in [-0.25, -0.2) is 0 Å². The quantitative estimate of drug-likeness (QED) is 0.789. The predicted molar refractivity (Wildman–Crippen MR) is 93.0 cm³/mol. The molecule has 3 unspecified atom stereocenters. The summed E-state index contributed by atoms with van der Waals surface area (Å²) in [5.74, 6) is 0.493. The molecule has 0 spiro atoms. The fourth-order valence-electron chi connectivity index (χ4n) is 2.75. The second-order valence-corrected chi connectivity index (χ2v) is 7.14. The summed E-state index contributed by atoms with van der Waals surface area (Å²) in [6.07, 6.45) is 0.902. The van der Waals surface area contributed by atoms with Gasteiger partial charge in [0.1, 0.15) is 0 Å². The van der Waals surface area contributed by atoms with Crippen molar-refractivity contribution < 1.29 is 4.79 Å². The van der Waals surface area contributed by atoms with E-state index in [1.807, 2.05) is 55.5 Å². The van der Waals surface area contributed by atoms with Crippen molar-refractivity contribution >= 4 is 33.4 Å². The Hall–Kier alpha value is -1.32. The van der Waals surface area contributed by atoms with E-state index >= 15 is 0 Å². The van der Waals surface area contributed by atoms with Gasteiger partial charge in [-0.1, -0.05) is 51.8 Å². The van der Waals surface area contributed by atoms with Crippen LogP contribution in [-0.4, -0.2) is 5.91 Å². The van der Waals surface area contributed by atoms with Crippen LogP contribution in [0.4, 0.5) is 0 Å². The van der Waals surface area contributed by atoms with Crippen molar-refractivity contribution in [2.24, 2.45) is 5.92 Å². The maximum atomic E-state index is 12.4. The fraction of sp³-hybridized carbons (Fsp3) is 0.278. The molecule has 2 aromatic rings. The Labute approximate surface area is 144 Å². The molecule has 2 nitrogen and oxygen atoms in total. The summed E-state index contributed by atoms with van der Waals surface area (Å²) in [4.78, 5) is 12.4. The van der Waals surface area contributed by atoms with Crippen LogP contribution in [0.2, 0.25) is 5.02 Å². The molecule has 1 fully saturated rings. The smallest absolute Gasteiger partial charge is 0.224 e. The van der Waals surface area contributed by atoms with Crippen LogP contribution in [0.1, 0.15) is 36.4 Å². The minimum Gasteiger partial charge on any atom is -0.349 e. The van der Waals surface area contributed by atoms with Gasteiger partial charge in [0.2, 0.25) is 5.91 Å². The number of rotatable bonds is 4. The van der Waals surface area contributed by atoms with Crippen molar-refractivity contribution in [2.75, 3.05) is 0 Å². The minimum atomic E-state index is 0.0150. The van der Waals surface area contributed by atoms with Gasteiger partial charge >= 0.3 is 0 Å². The lowest BCUT2D eigenvalue weighted by atomic mass is 10.1.